The Kier molecular flexibility index (Phi) is 4.12. The molecule has 0 atom stereocenters. The molecule has 0 radical (unpaired) electrons. The van der Waals surface area contributed by atoms with Crippen molar-refractivity contribution in [3.05, 3.63) is 35.0 Å². The van der Waals surface area contributed by atoms with Crippen LogP contribution >= 0.6 is 0 Å². The van der Waals surface area contributed by atoms with Gasteiger partial charge in [-0.25, -0.2) is 5.43 Å². The number of hydrazone groups is 1. The maximum Gasteiger partial charge on any atom is 0.272 e. The fourth-order valence-corrected chi connectivity index (χ4v) is 3.26. The number of carbonyl (C=O) groups is 2. The van der Waals surface area contributed by atoms with Crippen LogP contribution in [0.25, 0.3) is 10.9 Å². The van der Waals surface area contributed by atoms with Crippen LogP contribution in [-0.2, 0) is 11.3 Å². The van der Waals surface area contributed by atoms with Crippen molar-refractivity contribution in [2.24, 2.45) is 10.8 Å². The van der Waals surface area contributed by atoms with Crippen LogP contribution in [0.1, 0.15) is 49.3 Å². The Labute approximate surface area is 146 Å². The molecule has 7 heteroatoms. The number of amides is 2. The van der Waals surface area contributed by atoms with Crippen LogP contribution in [0.2, 0.25) is 0 Å². The first-order valence-electron chi connectivity index (χ1n) is 8.45. The molecule has 2 aliphatic rings. The van der Waals surface area contributed by atoms with E-state index in [2.05, 4.69) is 15.5 Å². The first-order valence-corrected chi connectivity index (χ1v) is 8.45. The molecule has 0 spiro atoms. The summed E-state index contributed by atoms with van der Waals surface area (Å²) >= 11 is 0. The van der Waals surface area contributed by atoms with Crippen LogP contribution in [-0.4, -0.2) is 39.5 Å². The van der Waals surface area contributed by atoms with Crippen molar-refractivity contribution < 1.29 is 9.59 Å². The number of rotatable bonds is 1. The quantitative estimate of drug-likeness (QED) is 0.735. The van der Waals surface area contributed by atoms with Crippen LogP contribution in [0.3, 0.4) is 0 Å². The van der Waals surface area contributed by atoms with Crippen LogP contribution in [0.15, 0.2) is 23.3 Å². The van der Waals surface area contributed by atoms with E-state index in [0.29, 0.717) is 24.4 Å². The third kappa shape index (κ3) is 2.70. The van der Waals surface area contributed by atoms with Gasteiger partial charge in [0.2, 0.25) is 5.91 Å². The van der Waals surface area contributed by atoms with Crippen LogP contribution in [0.4, 0.5) is 0 Å². The van der Waals surface area contributed by atoms with Crippen molar-refractivity contribution >= 4 is 28.4 Å². The van der Waals surface area contributed by atoms with E-state index in [1.807, 2.05) is 26.0 Å². The standard InChI is InChI=1S/C16H17N5O2.C2H6/c1-16(2,17)15(23)21-6-10-13-11(7-21)19-20-14(22)8-4-3-5-9(18-10)12(8)13;1-2/h3-5,18H,6-7,17H2,1-2H3,(H,20,22);1-2H3. The van der Waals surface area contributed by atoms with E-state index in [1.54, 1.807) is 24.8 Å². The highest BCUT2D eigenvalue weighted by molar-refractivity contribution is 6.21. The lowest BCUT2D eigenvalue weighted by Crippen LogP contribution is -2.53. The average Bonchev–Trinajstić information content (AvgIpc) is 2.90. The molecule has 1 aromatic carbocycles. The van der Waals surface area contributed by atoms with E-state index in [0.717, 1.165) is 22.2 Å². The van der Waals surface area contributed by atoms with Gasteiger partial charge in [0.1, 0.15) is 0 Å². The lowest BCUT2D eigenvalue weighted by atomic mass is 9.96. The number of aromatic amines is 1. The number of hydrogen-bond donors (Lipinski definition) is 3. The molecule has 3 heterocycles. The maximum absolute atomic E-state index is 12.5. The predicted octanol–water partition coefficient (Wildman–Crippen LogP) is 1.72. The van der Waals surface area contributed by atoms with Crippen LogP contribution < -0.4 is 11.2 Å². The number of hydrogen-bond acceptors (Lipinski definition) is 4. The minimum absolute atomic E-state index is 0.152. The first kappa shape index (κ1) is 17.2. The fraction of sp³-hybridized carbons (Fsp3) is 0.389. The first-order chi connectivity index (χ1) is 11.9. The van der Waals surface area contributed by atoms with Crippen LogP contribution in [0.5, 0.6) is 0 Å². The Balaban J connectivity index is 0.000000880. The van der Waals surface area contributed by atoms with Gasteiger partial charge in [-0.1, -0.05) is 19.9 Å². The van der Waals surface area contributed by atoms with Crippen molar-refractivity contribution in [3.63, 3.8) is 0 Å². The molecule has 0 fully saturated rings. The zero-order chi connectivity index (χ0) is 18.4. The number of nitrogens with one attached hydrogen (secondary N) is 2. The Hall–Kier alpha value is -2.67. The number of benzene rings is 1. The van der Waals surface area contributed by atoms with Crippen molar-refractivity contribution in [1.29, 1.82) is 0 Å². The highest BCUT2D eigenvalue weighted by Gasteiger charge is 2.35. The molecule has 2 aliphatic heterocycles. The highest BCUT2D eigenvalue weighted by Crippen LogP contribution is 2.32. The predicted molar refractivity (Wildman–Crippen MR) is 97.3 cm³/mol. The topological polar surface area (TPSA) is 104 Å². The van der Waals surface area contributed by atoms with Gasteiger partial charge in [0, 0.05) is 22.2 Å². The van der Waals surface area contributed by atoms with Gasteiger partial charge in [0.15, 0.2) is 0 Å². The van der Waals surface area contributed by atoms with E-state index < -0.39 is 5.54 Å². The summed E-state index contributed by atoms with van der Waals surface area (Å²) in [6.07, 6.45) is 0. The summed E-state index contributed by atoms with van der Waals surface area (Å²) in [6, 6.07) is 5.53. The molecule has 4 rings (SSSR count). The van der Waals surface area contributed by atoms with E-state index in [1.165, 1.54) is 0 Å². The molecule has 132 valence electrons. The monoisotopic (exact) mass is 341 g/mol. The molecule has 7 nitrogen and oxygen atoms in total. The molecule has 2 amide bonds. The summed E-state index contributed by atoms with van der Waals surface area (Å²) in [5.74, 6) is -0.392. The summed E-state index contributed by atoms with van der Waals surface area (Å²) < 4.78 is 0. The molecule has 0 saturated carbocycles. The molecule has 1 aromatic heterocycles. The molecule has 2 aromatic rings. The number of H-pyrrole nitrogens is 1. The van der Waals surface area contributed by atoms with Gasteiger partial charge in [0.05, 0.1) is 29.9 Å². The molecule has 0 bridgehead atoms. The zero-order valence-corrected chi connectivity index (χ0v) is 14.9. The maximum atomic E-state index is 12.5. The fourth-order valence-electron chi connectivity index (χ4n) is 3.26. The van der Waals surface area contributed by atoms with Gasteiger partial charge >= 0.3 is 0 Å². The Bertz CT molecular complexity index is 889. The number of nitrogens with zero attached hydrogens (tertiary/aromatic N) is 2. The number of nitrogens with two attached hydrogens (primary N) is 1. The van der Waals surface area contributed by atoms with Gasteiger partial charge in [-0.05, 0) is 26.0 Å². The van der Waals surface area contributed by atoms with Gasteiger partial charge < -0.3 is 15.6 Å². The summed E-state index contributed by atoms with van der Waals surface area (Å²) in [6.45, 7) is 8.12. The van der Waals surface area contributed by atoms with Crippen molar-refractivity contribution in [3.8, 4) is 0 Å². The third-order valence-electron chi connectivity index (χ3n) is 4.26. The second-order valence-corrected chi connectivity index (χ2v) is 6.59. The van der Waals surface area contributed by atoms with Gasteiger partial charge in [-0.15, -0.1) is 0 Å². The van der Waals surface area contributed by atoms with Crippen LogP contribution in [0, 0.1) is 0 Å². The second kappa shape index (κ2) is 6.00. The lowest BCUT2D eigenvalue weighted by molar-refractivity contribution is -0.135. The Morgan fingerprint density at radius 3 is 2.68 bits per heavy atom. The summed E-state index contributed by atoms with van der Waals surface area (Å²) in [4.78, 5) is 29.7. The molecule has 0 aliphatic carbocycles. The Morgan fingerprint density at radius 2 is 2.00 bits per heavy atom. The molecule has 25 heavy (non-hydrogen) atoms. The van der Waals surface area contributed by atoms with E-state index in [-0.39, 0.29) is 11.8 Å². The zero-order valence-electron chi connectivity index (χ0n) is 14.9. The minimum atomic E-state index is -0.955. The van der Waals surface area contributed by atoms with Gasteiger partial charge in [-0.2, -0.15) is 5.10 Å². The summed E-state index contributed by atoms with van der Waals surface area (Å²) in [5, 5.41) is 5.09. The van der Waals surface area contributed by atoms with E-state index in [9.17, 15) is 9.59 Å². The molecule has 0 saturated heterocycles. The number of carbonyl (C=O) groups excluding carboxylic acids is 2. The van der Waals surface area contributed by atoms with Gasteiger partial charge in [0.25, 0.3) is 5.91 Å². The highest BCUT2D eigenvalue weighted by atomic mass is 16.2. The van der Waals surface area contributed by atoms with E-state index >= 15 is 0 Å². The molecule has 4 N–H and O–H groups in total. The molecule has 0 unspecified atom stereocenters. The van der Waals surface area contributed by atoms with Crippen molar-refractivity contribution in [1.82, 2.24) is 15.3 Å². The Morgan fingerprint density at radius 1 is 1.28 bits per heavy atom. The summed E-state index contributed by atoms with van der Waals surface area (Å²) in [5.41, 5.74) is 11.5. The minimum Gasteiger partial charge on any atom is -0.356 e. The van der Waals surface area contributed by atoms with Crippen molar-refractivity contribution in [2.45, 2.75) is 39.8 Å². The normalized spacial score (nSPS) is 15.8. The number of aromatic nitrogens is 1. The molecular formula is C18H23N5O2. The lowest BCUT2D eigenvalue weighted by Gasteiger charge is -2.32. The molecular weight excluding hydrogens is 318 g/mol. The summed E-state index contributed by atoms with van der Waals surface area (Å²) in [7, 11) is 0. The third-order valence-corrected chi connectivity index (χ3v) is 4.26. The average molecular weight is 341 g/mol. The SMILES string of the molecule is CC.CC(C)(N)C(=O)N1CC2=NNC(=O)c3cccc4[nH]c(c2c34)C1. The largest absolute Gasteiger partial charge is 0.356 e. The second-order valence-electron chi connectivity index (χ2n) is 6.59. The van der Waals surface area contributed by atoms with E-state index in [4.69, 9.17) is 5.73 Å². The van der Waals surface area contributed by atoms with Crippen molar-refractivity contribution in [2.75, 3.05) is 6.54 Å². The smallest absolute Gasteiger partial charge is 0.272 e. The van der Waals surface area contributed by atoms with Gasteiger partial charge in [-0.3, -0.25) is 9.59 Å².